The third kappa shape index (κ3) is 4.08. The normalized spacial score (nSPS) is 12.3. The van der Waals surface area contributed by atoms with Crippen LogP contribution in [0.1, 0.15) is 12.5 Å². The molecule has 0 amide bonds. The average molecular weight is 370 g/mol. The highest BCUT2D eigenvalue weighted by Gasteiger charge is 2.13. The Kier molecular flexibility index (Phi) is 5.96. The van der Waals surface area contributed by atoms with Crippen molar-refractivity contribution in [2.75, 3.05) is 12.4 Å². The SMILES string of the molecule is CCn1c(SC[C@H](O)COc2ccccc2C)nc2ccccc2c1=O. The number of rotatable bonds is 7. The Labute approximate surface area is 156 Å². The van der Waals surface area contributed by atoms with Crippen molar-refractivity contribution >= 4 is 22.7 Å². The summed E-state index contributed by atoms with van der Waals surface area (Å²) in [5, 5.41) is 11.5. The standard InChI is InChI=1S/C20H22N2O3S/c1-3-22-19(24)16-9-5-6-10-17(16)21-20(22)26-13-15(23)12-25-18-11-7-4-8-14(18)2/h4-11,15,23H,3,12-13H2,1-2H3/t15-/m1/s1. The first-order valence-corrected chi connectivity index (χ1v) is 9.57. The summed E-state index contributed by atoms with van der Waals surface area (Å²) in [6.45, 7) is 4.62. The molecule has 1 N–H and O–H groups in total. The van der Waals surface area contributed by atoms with Crippen LogP contribution in [0.4, 0.5) is 0 Å². The van der Waals surface area contributed by atoms with Crippen LogP contribution >= 0.6 is 11.8 Å². The maximum Gasteiger partial charge on any atom is 0.262 e. The molecule has 26 heavy (non-hydrogen) atoms. The van der Waals surface area contributed by atoms with Gasteiger partial charge in [-0.05, 0) is 37.6 Å². The van der Waals surface area contributed by atoms with Crippen LogP contribution in [-0.2, 0) is 6.54 Å². The molecular formula is C20H22N2O3S. The highest BCUT2D eigenvalue weighted by Crippen LogP contribution is 2.20. The van der Waals surface area contributed by atoms with E-state index >= 15 is 0 Å². The number of para-hydroxylation sites is 2. The molecule has 0 unspecified atom stereocenters. The summed E-state index contributed by atoms with van der Waals surface area (Å²) < 4.78 is 7.33. The van der Waals surface area contributed by atoms with Crippen molar-refractivity contribution in [3.8, 4) is 5.75 Å². The fourth-order valence-corrected chi connectivity index (χ4v) is 3.63. The van der Waals surface area contributed by atoms with E-state index in [1.54, 1.807) is 10.6 Å². The number of hydrogen-bond donors (Lipinski definition) is 1. The molecule has 5 nitrogen and oxygen atoms in total. The lowest BCUT2D eigenvalue weighted by atomic mass is 10.2. The molecule has 0 fully saturated rings. The minimum Gasteiger partial charge on any atom is -0.491 e. The van der Waals surface area contributed by atoms with Gasteiger partial charge in [-0.25, -0.2) is 4.98 Å². The van der Waals surface area contributed by atoms with Crippen molar-refractivity contribution in [1.82, 2.24) is 9.55 Å². The number of aliphatic hydroxyl groups excluding tert-OH is 1. The number of aliphatic hydroxyl groups is 1. The van der Waals surface area contributed by atoms with E-state index in [9.17, 15) is 9.90 Å². The molecule has 0 saturated carbocycles. The predicted molar refractivity (Wildman–Crippen MR) is 105 cm³/mol. The minimum atomic E-state index is -0.659. The molecule has 0 saturated heterocycles. The number of benzene rings is 2. The summed E-state index contributed by atoms with van der Waals surface area (Å²) >= 11 is 1.37. The molecule has 1 aromatic heterocycles. The van der Waals surface area contributed by atoms with E-state index in [0.717, 1.165) is 11.3 Å². The summed E-state index contributed by atoms with van der Waals surface area (Å²) in [6, 6.07) is 15.0. The van der Waals surface area contributed by atoms with Gasteiger partial charge in [-0.15, -0.1) is 0 Å². The van der Waals surface area contributed by atoms with Gasteiger partial charge in [-0.3, -0.25) is 9.36 Å². The molecule has 136 valence electrons. The van der Waals surface area contributed by atoms with Gasteiger partial charge in [-0.1, -0.05) is 42.1 Å². The van der Waals surface area contributed by atoms with E-state index in [2.05, 4.69) is 4.98 Å². The van der Waals surface area contributed by atoms with Crippen molar-refractivity contribution in [3.63, 3.8) is 0 Å². The van der Waals surface area contributed by atoms with Gasteiger partial charge in [0.15, 0.2) is 5.16 Å². The largest absolute Gasteiger partial charge is 0.491 e. The zero-order chi connectivity index (χ0) is 18.5. The number of aromatic nitrogens is 2. The quantitative estimate of drug-likeness (QED) is 0.511. The molecule has 0 aliphatic heterocycles. The topological polar surface area (TPSA) is 64.3 Å². The maximum atomic E-state index is 12.6. The monoisotopic (exact) mass is 370 g/mol. The minimum absolute atomic E-state index is 0.0498. The Bertz CT molecular complexity index is 955. The molecule has 0 spiro atoms. The molecular weight excluding hydrogens is 348 g/mol. The molecule has 0 aliphatic rings. The van der Waals surface area contributed by atoms with Gasteiger partial charge in [0, 0.05) is 12.3 Å². The number of ether oxygens (including phenoxy) is 1. The highest BCUT2D eigenvalue weighted by atomic mass is 32.2. The number of thioether (sulfide) groups is 1. The second kappa shape index (κ2) is 8.38. The van der Waals surface area contributed by atoms with Crippen molar-refractivity contribution in [2.45, 2.75) is 31.7 Å². The molecule has 2 aromatic carbocycles. The van der Waals surface area contributed by atoms with E-state index in [-0.39, 0.29) is 12.2 Å². The molecule has 0 radical (unpaired) electrons. The summed E-state index contributed by atoms with van der Waals surface area (Å²) in [4.78, 5) is 17.2. The van der Waals surface area contributed by atoms with Crippen LogP contribution in [0.15, 0.2) is 58.5 Å². The Morgan fingerprint density at radius 1 is 1.19 bits per heavy atom. The van der Waals surface area contributed by atoms with Gasteiger partial charge in [-0.2, -0.15) is 0 Å². The molecule has 1 heterocycles. The zero-order valence-electron chi connectivity index (χ0n) is 14.9. The van der Waals surface area contributed by atoms with Crippen LogP contribution in [0.3, 0.4) is 0 Å². The van der Waals surface area contributed by atoms with Gasteiger partial charge in [0.05, 0.1) is 17.0 Å². The molecule has 3 rings (SSSR count). The number of fused-ring (bicyclic) bond motifs is 1. The molecule has 6 heteroatoms. The van der Waals surface area contributed by atoms with Crippen molar-refractivity contribution in [1.29, 1.82) is 0 Å². The van der Waals surface area contributed by atoms with Gasteiger partial charge in [0.25, 0.3) is 5.56 Å². The summed E-state index contributed by atoms with van der Waals surface area (Å²) in [6.07, 6.45) is -0.659. The van der Waals surface area contributed by atoms with Crippen molar-refractivity contribution in [3.05, 3.63) is 64.4 Å². The first-order chi connectivity index (χ1) is 12.6. The number of nitrogens with zero attached hydrogens (tertiary/aromatic N) is 2. The van der Waals surface area contributed by atoms with E-state index in [1.807, 2.05) is 56.3 Å². The van der Waals surface area contributed by atoms with E-state index in [0.29, 0.717) is 28.4 Å². The summed E-state index contributed by atoms with van der Waals surface area (Å²) in [5.74, 6) is 1.17. The fraction of sp³-hybridized carbons (Fsp3) is 0.300. The zero-order valence-corrected chi connectivity index (χ0v) is 15.7. The first kappa shape index (κ1) is 18.5. The fourth-order valence-electron chi connectivity index (χ4n) is 2.66. The Morgan fingerprint density at radius 3 is 2.69 bits per heavy atom. The average Bonchev–Trinajstić information content (AvgIpc) is 2.66. The Morgan fingerprint density at radius 2 is 1.92 bits per heavy atom. The number of hydrogen-bond acceptors (Lipinski definition) is 5. The third-order valence-corrected chi connectivity index (χ3v) is 5.19. The van der Waals surface area contributed by atoms with Crippen LogP contribution in [-0.4, -0.2) is 33.1 Å². The molecule has 0 aliphatic carbocycles. The van der Waals surface area contributed by atoms with Crippen molar-refractivity contribution in [2.24, 2.45) is 0 Å². The summed E-state index contributed by atoms with van der Waals surface area (Å²) in [5.41, 5.74) is 1.66. The third-order valence-electron chi connectivity index (χ3n) is 4.07. The van der Waals surface area contributed by atoms with Gasteiger partial charge in [0.2, 0.25) is 0 Å². The summed E-state index contributed by atoms with van der Waals surface area (Å²) in [7, 11) is 0. The lowest BCUT2D eigenvalue weighted by Crippen LogP contribution is -2.24. The van der Waals surface area contributed by atoms with Crippen LogP contribution in [0, 0.1) is 6.92 Å². The van der Waals surface area contributed by atoms with E-state index in [4.69, 9.17) is 4.74 Å². The Balaban J connectivity index is 1.69. The highest BCUT2D eigenvalue weighted by molar-refractivity contribution is 7.99. The molecule has 3 aromatic rings. The van der Waals surface area contributed by atoms with Gasteiger partial charge in [0.1, 0.15) is 12.4 Å². The smallest absolute Gasteiger partial charge is 0.262 e. The van der Waals surface area contributed by atoms with Crippen LogP contribution in [0.2, 0.25) is 0 Å². The van der Waals surface area contributed by atoms with Crippen LogP contribution in [0.25, 0.3) is 10.9 Å². The van der Waals surface area contributed by atoms with Crippen LogP contribution < -0.4 is 10.3 Å². The molecule has 1 atom stereocenters. The lowest BCUT2D eigenvalue weighted by molar-refractivity contribution is 0.126. The second-order valence-corrected chi connectivity index (χ2v) is 6.99. The molecule has 0 bridgehead atoms. The van der Waals surface area contributed by atoms with Gasteiger partial charge >= 0.3 is 0 Å². The second-order valence-electron chi connectivity index (χ2n) is 6.00. The lowest BCUT2D eigenvalue weighted by Gasteiger charge is -2.15. The van der Waals surface area contributed by atoms with E-state index in [1.165, 1.54) is 11.8 Å². The number of aryl methyl sites for hydroxylation is 1. The maximum absolute atomic E-state index is 12.6. The van der Waals surface area contributed by atoms with E-state index < -0.39 is 6.10 Å². The Hall–Kier alpha value is -2.31. The van der Waals surface area contributed by atoms with Crippen LogP contribution in [0.5, 0.6) is 5.75 Å². The first-order valence-electron chi connectivity index (χ1n) is 8.59. The van der Waals surface area contributed by atoms with Crippen molar-refractivity contribution < 1.29 is 9.84 Å². The predicted octanol–water partition coefficient (Wildman–Crippen LogP) is 3.26. The van der Waals surface area contributed by atoms with Gasteiger partial charge < -0.3 is 9.84 Å².